The molecule has 0 atom stereocenters. The highest BCUT2D eigenvalue weighted by molar-refractivity contribution is 6.33. The van der Waals surface area contributed by atoms with Crippen molar-refractivity contribution in [2.24, 2.45) is 0 Å². The van der Waals surface area contributed by atoms with Crippen molar-refractivity contribution in [3.8, 4) is 5.75 Å². The summed E-state index contributed by atoms with van der Waals surface area (Å²) < 4.78 is 5.49. The third-order valence-electron chi connectivity index (χ3n) is 3.11. The average Bonchev–Trinajstić information content (AvgIpc) is 2.85. The van der Waals surface area contributed by atoms with Crippen molar-refractivity contribution in [2.75, 3.05) is 11.9 Å². The second-order valence-corrected chi connectivity index (χ2v) is 4.78. The van der Waals surface area contributed by atoms with E-state index in [-0.39, 0.29) is 0 Å². The molecule has 3 heteroatoms. The molecule has 0 saturated carbocycles. The van der Waals surface area contributed by atoms with Crippen LogP contribution in [0.1, 0.15) is 11.1 Å². The predicted octanol–water partition coefficient (Wildman–Crippen LogP) is 3.89. The van der Waals surface area contributed by atoms with E-state index in [0.29, 0.717) is 0 Å². The van der Waals surface area contributed by atoms with Crippen LogP contribution >= 0.6 is 11.6 Å². The van der Waals surface area contributed by atoms with Gasteiger partial charge in [-0.05, 0) is 29.3 Å². The zero-order valence-corrected chi connectivity index (χ0v) is 10.7. The zero-order valence-electron chi connectivity index (χ0n) is 9.95. The molecular formula is C15H14ClNO. The number of ether oxygens (including phenoxy) is 1. The van der Waals surface area contributed by atoms with Gasteiger partial charge in [0.1, 0.15) is 5.75 Å². The van der Waals surface area contributed by atoms with Gasteiger partial charge in [-0.25, -0.2) is 0 Å². The van der Waals surface area contributed by atoms with Crippen LogP contribution in [0, 0.1) is 0 Å². The third kappa shape index (κ3) is 2.29. The molecule has 0 amide bonds. The van der Waals surface area contributed by atoms with E-state index in [1.807, 2.05) is 30.3 Å². The zero-order chi connectivity index (χ0) is 12.4. The van der Waals surface area contributed by atoms with Gasteiger partial charge in [-0.15, -0.1) is 0 Å². The van der Waals surface area contributed by atoms with Crippen molar-refractivity contribution in [1.29, 1.82) is 0 Å². The molecule has 0 unspecified atom stereocenters. The first-order valence-corrected chi connectivity index (χ1v) is 6.44. The normalized spacial score (nSPS) is 12.9. The molecule has 0 aromatic heterocycles. The average molecular weight is 260 g/mol. The lowest BCUT2D eigenvalue weighted by Gasteiger charge is -2.09. The van der Waals surface area contributed by atoms with Crippen molar-refractivity contribution < 1.29 is 4.74 Å². The largest absolute Gasteiger partial charge is 0.493 e. The molecule has 0 fully saturated rings. The molecule has 0 aliphatic carbocycles. The van der Waals surface area contributed by atoms with Crippen LogP contribution in [0.25, 0.3) is 0 Å². The Morgan fingerprint density at radius 1 is 1.17 bits per heavy atom. The fourth-order valence-electron chi connectivity index (χ4n) is 2.15. The summed E-state index contributed by atoms with van der Waals surface area (Å²) in [5, 5.41) is 4.10. The third-order valence-corrected chi connectivity index (χ3v) is 3.44. The smallest absolute Gasteiger partial charge is 0.122 e. The Kier molecular flexibility index (Phi) is 3.11. The Labute approximate surface area is 112 Å². The van der Waals surface area contributed by atoms with Crippen molar-refractivity contribution in [2.45, 2.75) is 13.0 Å². The van der Waals surface area contributed by atoms with E-state index in [4.69, 9.17) is 16.3 Å². The van der Waals surface area contributed by atoms with Crippen LogP contribution in [0.2, 0.25) is 5.02 Å². The fraction of sp³-hybridized carbons (Fsp3) is 0.200. The molecule has 2 aromatic rings. The first-order valence-electron chi connectivity index (χ1n) is 6.06. The second-order valence-electron chi connectivity index (χ2n) is 4.37. The maximum absolute atomic E-state index is 6.10. The number of para-hydroxylation sites is 1. The number of rotatable bonds is 3. The summed E-state index contributed by atoms with van der Waals surface area (Å²) in [6.07, 6.45) is 1.01. The summed E-state index contributed by atoms with van der Waals surface area (Å²) in [4.78, 5) is 0. The number of nitrogens with one attached hydrogen (secondary N) is 1. The van der Waals surface area contributed by atoms with E-state index in [1.165, 1.54) is 11.1 Å². The Morgan fingerprint density at radius 3 is 2.94 bits per heavy atom. The number of anilines is 1. The van der Waals surface area contributed by atoms with Gasteiger partial charge in [-0.1, -0.05) is 35.9 Å². The Morgan fingerprint density at radius 2 is 2.06 bits per heavy atom. The topological polar surface area (TPSA) is 21.3 Å². The first-order chi connectivity index (χ1) is 8.83. The molecular weight excluding hydrogens is 246 g/mol. The Bertz CT molecular complexity index is 568. The molecule has 2 nitrogen and oxygen atoms in total. The molecule has 18 heavy (non-hydrogen) atoms. The van der Waals surface area contributed by atoms with Gasteiger partial charge in [-0.3, -0.25) is 0 Å². The molecule has 0 bridgehead atoms. The number of fused-ring (bicyclic) bond motifs is 1. The van der Waals surface area contributed by atoms with E-state index in [2.05, 4.69) is 17.4 Å². The maximum atomic E-state index is 6.10. The number of hydrogen-bond acceptors (Lipinski definition) is 2. The van der Waals surface area contributed by atoms with E-state index >= 15 is 0 Å². The monoisotopic (exact) mass is 259 g/mol. The SMILES string of the molecule is Clc1ccccc1NCc1ccc2c(c1)CCO2. The first kappa shape index (κ1) is 11.4. The van der Waals surface area contributed by atoms with Crippen molar-refractivity contribution in [3.05, 3.63) is 58.6 Å². The second kappa shape index (κ2) is 4.91. The molecule has 1 heterocycles. The molecule has 0 spiro atoms. The van der Waals surface area contributed by atoms with Gasteiger partial charge in [0.15, 0.2) is 0 Å². The summed E-state index contributed by atoms with van der Waals surface area (Å²) in [5.41, 5.74) is 3.52. The summed E-state index contributed by atoms with van der Waals surface area (Å²) in [7, 11) is 0. The summed E-state index contributed by atoms with van der Waals surface area (Å²) >= 11 is 6.10. The van der Waals surface area contributed by atoms with Crippen molar-refractivity contribution in [3.63, 3.8) is 0 Å². The summed E-state index contributed by atoms with van der Waals surface area (Å²) in [5.74, 6) is 1.02. The van der Waals surface area contributed by atoms with E-state index in [0.717, 1.165) is 36.0 Å². The number of halogens is 1. The van der Waals surface area contributed by atoms with Crippen molar-refractivity contribution in [1.82, 2.24) is 0 Å². The number of benzene rings is 2. The van der Waals surface area contributed by atoms with E-state index < -0.39 is 0 Å². The van der Waals surface area contributed by atoms with Crippen molar-refractivity contribution >= 4 is 17.3 Å². The Hall–Kier alpha value is -1.67. The lowest BCUT2D eigenvalue weighted by Crippen LogP contribution is -2.00. The highest BCUT2D eigenvalue weighted by Crippen LogP contribution is 2.27. The molecule has 0 saturated heterocycles. The van der Waals surface area contributed by atoms with Gasteiger partial charge >= 0.3 is 0 Å². The van der Waals surface area contributed by atoms with Crippen LogP contribution in [-0.4, -0.2) is 6.61 Å². The minimum absolute atomic E-state index is 0.752. The van der Waals surface area contributed by atoms with E-state index in [9.17, 15) is 0 Å². The molecule has 1 aliphatic rings. The summed E-state index contributed by atoms with van der Waals surface area (Å²) in [6, 6.07) is 14.1. The van der Waals surface area contributed by atoms with Gasteiger partial charge in [-0.2, -0.15) is 0 Å². The quantitative estimate of drug-likeness (QED) is 0.903. The Balaban J connectivity index is 1.72. The maximum Gasteiger partial charge on any atom is 0.122 e. The molecule has 1 aliphatic heterocycles. The van der Waals surface area contributed by atoms with Gasteiger partial charge in [0.05, 0.1) is 17.3 Å². The van der Waals surface area contributed by atoms with Crippen LogP contribution in [0.5, 0.6) is 5.75 Å². The van der Waals surface area contributed by atoms with Crippen LogP contribution in [0.3, 0.4) is 0 Å². The minimum Gasteiger partial charge on any atom is -0.493 e. The summed E-state index contributed by atoms with van der Waals surface area (Å²) in [6.45, 7) is 1.58. The standard InChI is InChI=1S/C15H14ClNO/c16-13-3-1-2-4-14(13)17-10-11-5-6-15-12(9-11)7-8-18-15/h1-6,9,17H,7-8,10H2. The van der Waals surface area contributed by atoms with Crippen LogP contribution in [0.4, 0.5) is 5.69 Å². The minimum atomic E-state index is 0.752. The van der Waals surface area contributed by atoms with Gasteiger partial charge < -0.3 is 10.1 Å². The molecule has 1 N–H and O–H groups in total. The number of hydrogen-bond donors (Lipinski definition) is 1. The van der Waals surface area contributed by atoms with Crippen LogP contribution in [-0.2, 0) is 13.0 Å². The highest BCUT2D eigenvalue weighted by atomic mass is 35.5. The van der Waals surface area contributed by atoms with Gasteiger partial charge in [0.25, 0.3) is 0 Å². The van der Waals surface area contributed by atoms with Gasteiger partial charge in [0.2, 0.25) is 0 Å². The lowest BCUT2D eigenvalue weighted by molar-refractivity contribution is 0.357. The lowest BCUT2D eigenvalue weighted by atomic mass is 10.1. The highest BCUT2D eigenvalue weighted by Gasteiger charge is 2.11. The molecule has 92 valence electrons. The fourth-order valence-corrected chi connectivity index (χ4v) is 2.35. The molecule has 3 rings (SSSR count). The predicted molar refractivity (Wildman–Crippen MR) is 74.4 cm³/mol. The van der Waals surface area contributed by atoms with Crippen LogP contribution in [0.15, 0.2) is 42.5 Å². The molecule has 0 radical (unpaired) electrons. The van der Waals surface area contributed by atoms with Gasteiger partial charge in [0, 0.05) is 13.0 Å². The molecule has 2 aromatic carbocycles. The van der Waals surface area contributed by atoms with E-state index in [1.54, 1.807) is 0 Å². The van der Waals surface area contributed by atoms with Crippen LogP contribution < -0.4 is 10.1 Å².